The summed E-state index contributed by atoms with van der Waals surface area (Å²) in [6.45, 7) is 6.42. The molecule has 1 aromatic heterocycles. The highest BCUT2D eigenvalue weighted by molar-refractivity contribution is 5.78. The highest BCUT2D eigenvalue weighted by Crippen LogP contribution is 2.45. The number of aryl methyl sites for hydroxylation is 1. The molecule has 1 heterocycles. The van der Waals surface area contributed by atoms with E-state index >= 15 is 0 Å². The van der Waals surface area contributed by atoms with Crippen molar-refractivity contribution in [3.05, 3.63) is 35.6 Å². The largest absolute Gasteiger partial charge is 0.458 e. The van der Waals surface area contributed by atoms with Crippen molar-refractivity contribution in [3.63, 3.8) is 0 Å². The van der Waals surface area contributed by atoms with Crippen LogP contribution in [0.3, 0.4) is 0 Å². The third-order valence-electron chi connectivity index (χ3n) is 4.67. The SMILES string of the molecule is Cc1ccc2oc(C3(O)CC(C)CCC3C)cc2c1. The summed E-state index contributed by atoms with van der Waals surface area (Å²) in [6, 6.07) is 8.18. The van der Waals surface area contributed by atoms with E-state index in [1.807, 2.05) is 18.2 Å². The lowest BCUT2D eigenvalue weighted by Crippen LogP contribution is -2.38. The number of hydrogen-bond acceptors (Lipinski definition) is 2. The van der Waals surface area contributed by atoms with Crippen LogP contribution in [0.25, 0.3) is 11.0 Å². The summed E-state index contributed by atoms with van der Waals surface area (Å²) in [7, 11) is 0. The third-order valence-corrected chi connectivity index (χ3v) is 4.67. The fourth-order valence-corrected chi connectivity index (χ4v) is 3.33. The van der Waals surface area contributed by atoms with Gasteiger partial charge in [0.2, 0.25) is 0 Å². The summed E-state index contributed by atoms with van der Waals surface area (Å²) in [6.07, 6.45) is 3.06. The van der Waals surface area contributed by atoms with Crippen LogP contribution in [0.5, 0.6) is 0 Å². The number of aliphatic hydroxyl groups is 1. The monoisotopic (exact) mass is 258 g/mol. The van der Waals surface area contributed by atoms with Crippen molar-refractivity contribution in [1.82, 2.24) is 0 Å². The minimum Gasteiger partial charge on any atom is -0.458 e. The molecule has 2 heteroatoms. The Kier molecular flexibility index (Phi) is 2.94. The zero-order valence-electron chi connectivity index (χ0n) is 11.9. The van der Waals surface area contributed by atoms with E-state index in [2.05, 4.69) is 26.8 Å². The molecule has 1 aliphatic rings. The molecule has 19 heavy (non-hydrogen) atoms. The second kappa shape index (κ2) is 4.38. The van der Waals surface area contributed by atoms with E-state index in [1.54, 1.807) is 0 Å². The Morgan fingerprint density at radius 3 is 2.79 bits per heavy atom. The molecule has 2 nitrogen and oxygen atoms in total. The molecule has 0 bridgehead atoms. The lowest BCUT2D eigenvalue weighted by atomic mass is 9.71. The average molecular weight is 258 g/mol. The van der Waals surface area contributed by atoms with E-state index in [-0.39, 0.29) is 5.92 Å². The molecule has 0 spiro atoms. The van der Waals surface area contributed by atoms with Crippen molar-refractivity contribution in [2.24, 2.45) is 11.8 Å². The Hall–Kier alpha value is -1.28. The number of furan rings is 1. The second-order valence-electron chi connectivity index (χ2n) is 6.36. The van der Waals surface area contributed by atoms with Crippen molar-refractivity contribution in [3.8, 4) is 0 Å². The molecular formula is C17H22O2. The summed E-state index contributed by atoms with van der Waals surface area (Å²) in [5, 5.41) is 12.1. The van der Waals surface area contributed by atoms with Gasteiger partial charge >= 0.3 is 0 Å². The highest BCUT2D eigenvalue weighted by atomic mass is 16.4. The quantitative estimate of drug-likeness (QED) is 0.823. The fraction of sp³-hybridized carbons (Fsp3) is 0.529. The molecule has 3 atom stereocenters. The van der Waals surface area contributed by atoms with Gasteiger partial charge in [-0.3, -0.25) is 0 Å². The molecule has 1 saturated carbocycles. The molecule has 0 amide bonds. The molecule has 102 valence electrons. The molecule has 0 radical (unpaired) electrons. The molecule has 0 aliphatic heterocycles. The number of rotatable bonds is 1. The average Bonchev–Trinajstić information content (AvgIpc) is 2.77. The van der Waals surface area contributed by atoms with Gasteiger partial charge < -0.3 is 9.52 Å². The van der Waals surface area contributed by atoms with E-state index in [0.717, 1.165) is 29.6 Å². The van der Waals surface area contributed by atoms with Gasteiger partial charge in [-0.2, -0.15) is 0 Å². The first kappa shape index (κ1) is 12.7. The minimum atomic E-state index is -0.801. The molecule has 1 fully saturated rings. The van der Waals surface area contributed by atoms with E-state index in [9.17, 15) is 5.11 Å². The Morgan fingerprint density at radius 1 is 1.21 bits per heavy atom. The summed E-state index contributed by atoms with van der Waals surface area (Å²) >= 11 is 0. The van der Waals surface area contributed by atoms with Crippen molar-refractivity contribution >= 4 is 11.0 Å². The maximum Gasteiger partial charge on any atom is 0.137 e. The van der Waals surface area contributed by atoms with Gasteiger partial charge in [-0.05, 0) is 49.8 Å². The van der Waals surface area contributed by atoms with Crippen LogP contribution < -0.4 is 0 Å². The Labute approximate surface area is 114 Å². The molecule has 3 unspecified atom stereocenters. The summed E-state index contributed by atoms with van der Waals surface area (Å²) in [4.78, 5) is 0. The van der Waals surface area contributed by atoms with Gasteiger partial charge in [0.05, 0.1) is 0 Å². The van der Waals surface area contributed by atoms with Crippen LogP contribution in [0.15, 0.2) is 28.7 Å². The normalized spacial score (nSPS) is 31.8. The maximum absolute atomic E-state index is 11.1. The topological polar surface area (TPSA) is 33.4 Å². The standard InChI is InChI=1S/C17H22O2/c1-11-5-7-15-14(8-11)9-16(19-15)17(18)10-12(2)4-6-13(17)3/h5,7-9,12-13,18H,4,6,10H2,1-3H3. The van der Waals surface area contributed by atoms with E-state index in [1.165, 1.54) is 12.0 Å². The van der Waals surface area contributed by atoms with Gasteiger partial charge in [-0.25, -0.2) is 0 Å². The zero-order valence-corrected chi connectivity index (χ0v) is 11.9. The zero-order chi connectivity index (χ0) is 13.6. The highest BCUT2D eigenvalue weighted by Gasteiger charge is 2.42. The van der Waals surface area contributed by atoms with E-state index < -0.39 is 5.60 Å². The third kappa shape index (κ3) is 2.08. The number of benzene rings is 1. The van der Waals surface area contributed by atoms with Crippen LogP contribution in [0.4, 0.5) is 0 Å². The van der Waals surface area contributed by atoms with Gasteiger partial charge in [-0.1, -0.05) is 31.9 Å². The predicted molar refractivity (Wildman–Crippen MR) is 77.0 cm³/mol. The molecule has 3 rings (SSSR count). The minimum absolute atomic E-state index is 0.255. The molecule has 0 saturated heterocycles. The summed E-state index contributed by atoms with van der Waals surface area (Å²) in [5.41, 5.74) is 1.29. The molecule has 1 aromatic carbocycles. The lowest BCUT2D eigenvalue weighted by molar-refractivity contribution is -0.0773. The first-order valence-corrected chi connectivity index (χ1v) is 7.22. The first-order chi connectivity index (χ1) is 8.99. The van der Waals surface area contributed by atoms with E-state index in [0.29, 0.717) is 5.92 Å². The van der Waals surface area contributed by atoms with Crippen LogP contribution in [-0.4, -0.2) is 5.11 Å². The predicted octanol–water partition coefficient (Wildman–Crippen LogP) is 4.38. The second-order valence-corrected chi connectivity index (χ2v) is 6.36. The molecule has 1 N–H and O–H groups in total. The Morgan fingerprint density at radius 2 is 2.00 bits per heavy atom. The smallest absolute Gasteiger partial charge is 0.137 e. The fourth-order valence-electron chi connectivity index (χ4n) is 3.33. The van der Waals surface area contributed by atoms with Crippen LogP contribution >= 0.6 is 0 Å². The van der Waals surface area contributed by atoms with Gasteiger partial charge in [0.15, 0.2) is 0 Å². The first-order valence-electron chi connectivity index (χ1n) is 7.22. The van der Waals surface area contributed by atoms with Crippen LogP contribution in [0.2, 0.25) is 0 Å². The lowest BCUT2D eigenvalue weighted by Gasteiger charge is -2.39. The van der Waals surface area contributed by atoms with Gasteiger partial charge in [0, 0.05) is 5.39 Å². The van der Waals surface area contributed by atoms with Gasteiger partial charge in [0.25, 0.3) is 0 Å². The van der Waals surface area contributed by atoms with Crippen LogP contribution in [0, 0.1) is 18.8 Å². The van der Waals surface area contributed by atoms with Crippen molar-refractivity contribution in [2.75, 3.05) is 0 Å². The van der Waals surface area contributed by atoms with Crippen molar-refractivity contribution in [1.29, 1.82) is 0 Å². The van der Waals surface area contributed by atoms with Crippen molar-refractivity contribution < 1.29 is 9.52 Å². The van der Waals surface area contributed by atoms with Crippen LogP contribution in [-0.2, 0) is 5.60 Å². The molecule has 2 aromatic rings. The summed E-state index contributed by atoms with van der Waals surface area (Å²) in [5.74, 6) is 1.55. The maximum atomic E-state index is 11.1. The Bertz CT molecular complexity index is 598. The van der Waals surface area contributed by atoms with Gasteiger partial charge in [-0.15, -0.1) is 0 Å². The molecular weight excluding hydrogens is 236 g/mol. The van der Waals surface area contributed by atoms with Gasteiger partial charge in [0.1, 0.15) is 16.9 Å². The molecule has 1 aliphatic carbocycles. The van der Waals surface area contributed by atoms with Crippen LogP contribution in [0.1, 0.15) is 44.4 Å². The van der Waals surface area contributed by atoms with E-state index in [4.69, 9.17) is 4.42 Å². The summed E-state index contributed by atoms with van der Waals surface area (Å²) < 4.78 is 5.93. The van der Waals surface area contributed by atoms with Crippen molar-refractivity contribution in [2.45, 2.75) is 45.6 Å². The Balaban J connectivity index is 2.06. The number of fused-ring (bicyclic) bond motifs is 1. The number of hydrogen-bond donors (Lipinski definition) is 1.